The zero-order valence-corrected chi connectivity index (χ0v) is 15.0. The van der Waals surface area contributed by atoms with Crippen molar-refractivity contribution in [2.24, 2.45) is 5.92 Å². The van der Waals surface area contributed by atoms with Crippen LogP contribution >= 0.6 is 0 Å². The molecule has 9 nitrogen and oxygen atoms in total. The number of hydrogen-bond donors (Lipinski definition) is 2. The minimum absolute atomic E-state index is 0.0912. The van der Waals surface area contributed by atoms with Gasteiger partial charge in [0, 0.05) is 25.2 Å². The Morgan fingerprint density at radius 1 is 1.44 bits per heavy atom. The third-order valence-electron chi connectivity index (χ3n) is 5.86. The molecule has 2 aliphatic rings. The minimum atomic E-state index is -0.651. The van der Waals surface area contributed by atoms with Gasteiger partial charge in [0.25, 0.3) is 0 Å². The first-order valence-electron chi connectivity index (χ1n) is 9.29. The topological polar surface area (TPSA) is 115 Å². The Kier molecular flexibility index (Phi) is 3.37. The molecule has 0 spiro atoms. The molecule has 2 N–H and O–H groups in total. The van der Waals surface area contributed by atoms with Crippen LogP contribution in [0.15, 0.2) is 18.5 Å². The van der Waals surface area contributed by atoms with Gasteiger partial charge < -0.3 is 15.2 Å². The number of aromatic nitrogens is 5. The largest absolute Gasteiger partial charge is 0.345 e. The number of hydrogen-bond acceptors (Lipinski definition) is 5. The summed E-state index contributed by atoms with van der Waals surface area (Å²) in [5.41, 5.74) is 1.78. The highest BCUT2D eigenvalue weighted by Crippen LogP contribution is 2.37. The third-order valence-corrected chi connectivity index (χ3v) is 5.86. The van der Waals surface area contributed by atoms with Crippen LogP contribution in [0.1, 0.15) is 37.9 Å². The number of nitrogens with one attached hydrogen (secondary N) is 2. The van der Waals surface area contributed by atoms with Crippen molar-refractivity contribution in [3.05, 3.63) is 24.3 Å². The second-order valence-electron chi connectivity index (χ2n) is 7.53. The van der Waals surface area contributed by atoms with E-state index < -0.39 is 5.54 Å². The predicted octanol–water partition coefficient (Wildman–Crippen LogP) is 1.80. The van der Waals surface area contributed by atoms with E-state index in [0.717, 1.165) is 36.3 Å². The normalized spacial score (nSPS) is 23.6. The number of likely N-dealkylation sites (tertiary alicyclic amines) is 1. The van der Waals surface area contributed by atoms with E-state index in [9.17, 15) is 10.1 Å². The molecule has 0 bridgehead atoms. The first-order chi connectivity index (χ1) is 13.1. The van der Waals surface area contributed by atoms with E-state index in [-0.39, 0.29) is 11.9 Å². The van der Waals surface area contributed by atoms with Crippen LogP contribution in [0.5, 0.6) is 0 Å². The summed E-state index contributed by atoms with van der Waals surface area (Å²) in [6.07, 6.45) is 5.96. The zero-order chi connectivity index (χ0) is 18.6. The molecular weight excluding hydrogens is 344 g/mol. The minimum Gasteiger partial charge on any atom is -0.345 e. The van der Waals surface area contributed by atoms with Crippen molar-refractivity contribution < 1.29 is 4.79 Å². The van der Waals surface area contributed by atoms with Gasteiger partial charge in [-0.15, -0.1) is 10.2 Å². The Morgan fingerprint density at radius 2 is 2.30 bits per heavy atom. The van der Waals surface area contributed by atoms with Gasteiger partial charge >= 0.3 is 6.03 Å². The van der Waals surface area contributed by atoms with Gasteiger partial charge in [-0.1, -0.05) is 13.3 Å². The summed E-state index contributed by atoms with van der Waals surface area (Å²) < 4.78 is 2.03. The number of fused-ring (bicyclic) bond motifs is 3. The number of nitrogens with zero attached hydrogens (tertiary/aromatic N) is 6. The van der Waals surface area contributed by atoms with Gasteiger partial charge in [0.1, 0.15) is 11.4 Å². The molecular formula is C18H20N8O. The van der Waals surface area contributed by atoms with E-state index in [2.05, 4.69) is 38.5 Å². The summed E-state index contributed by atoms with van der Waals surface area (Å²) in [5, 5.41) is 20.9. The number of amides is 2. The molecule has 1 saturated carbocycles. The summed E-state index contributed by atoms with van der Waals surface area (Å²) in [6, 6.07) is 4.03. The number of nitriles is 1. The summed E-state index contributed by atoms with van der Waals surface area (Å²) in [5.74, 6) is 1.25. The van der Waals surface area contributed by atoms with Crippen LogP contribution in [0.4, 0.5) is 4.79 Å². The van der Waals surface area contributed by atoms with Crippen molar-refractivity contribution in [1.29, 1.82) is 5.26 Å². The molecule has 2 unspecified atom stereocenters. The van der Waals surface area contributed by atoms with E-state index >= 15 is 0 Å². The molecule has 2 fully saturated rings. The fourth-order valence-corrected chi connectivity index (χ4v) is 4.05. The number of H-pyrrole nitrogens is 1. The third kappa shape index (κ3) is 2.44. The van der Waals surface area contributed by atoms with Gasteiger partial charge in [-0.25, -0.2) is 9.78 Å². The van der Waals surface area contributed by atoms with Crippen molar-refractivity contribution >= 4 is 22.8 Å². The highest BCUT2D eigenvalue weighted by atomic mass is 16.2. The molecule has 2 atom stereocenters. The molecule has 27 heavy (non-hydrogen) atoms. The first kappa shape index (κ1) is 16.1. The van der Waals surface area contributed by atoms with Crippen LogP contribution in [0.3, 0.4) is 0 Å². The molecule has 5 rings (SSSR count). The lowest BCUT2D eigenvalue weighted by atomic mass is 9.93. The van der Waals surface area contributed by atoms with E-state index in [1.54, 1.807) is 6.20 Å². The van der Waals surface area contributed by atoms with Crippen LogP contribution in [0.2, 0.25) is 0 Å². The smallest absolute Gasteiger partial charge is 0.318 e. The Bertz CT molecular complexity index is 1070. The lowest BCUT2D eigenvalue weighted by molar-refractivity contribution is 0.204. The van der Waals surface area contributed by atoms with Gasteiger partial charge in [-0.05, 0) is 24.8 Å². The maximum Gasteiger partial charge on any atom is 0.318 e. The summed E-state index contributed by atoms with van der Waals surface area (Å²) >= 11 is 0. The molecule has 1 saturated heterocycles. The molecule has 9 heteroatoms. The van der Waals surface area contributed by atoms with E-state index in [4.69, 9.17) is 0 Å². The molecule has 1 aliphatic carbocycles. The molecule has 0 radical (unpaired) electrons. The highest BCUT2D eigenvalue weighted by Gasteiger charge is 2.47. The van der Waals surface area contributed by atoms with Crippen molar-refractivity contribution in [3.8, 4) is 6.07 Å². The average Bonchev–Trinajstić information content (AvgIpc) is 3.09. The van der Waals surface area contributed by atoms with E-state index in [1.807, 2.05) is 21.6 Å². The van der Waals surface area contributed by atoms with Gasteiger partial charge in [0.05, 0.1) is 17.8 Å². The fraction of sp³-hybridized carbons (Fsp3) is 0.500. The summed E-state index contributed by atoms with van der Waals surface area (Å²) in [7, 11) is 0. The maximum absolute atomic E-state index is 12.7. The lowest BCUT2D eigenvalue weighted by Crippen LogP contribution is -2.44. The van der Waals surface area contributed by atoms with Gasteiger partial charge in [0.15, 0.2) is 11.3 Å². The fourth-order valence-electron chi connectivity index (χ4n) is 4.05. The quantitative estimate of drug-likeness (QED) is 0.735. The number of aromatic amines is 1. The van der Waals surface area contributed by atoms with Gasteiger partial charge in [-0.2, -0.15) is 5.26 Å². The Hall–Kier alpha value is -3.15. The number of rotatable bonds is 3. The number of urea groups is 1. The van der Waals surface area contributed by atoms with E-state index in [1.165, 1.54) is 0 Å². The monoisotopic (exact) mass is 364 g/mol. The van der Waals surface area contributed by atoms with Gasteiger partial charge in [-0.3, -0.25) is 4.40 Å². The average molecular weight is 364 g/mol. The number of carbonyl (C=O) groups excluding carboxylic acids is 1. The standard InChI is InChI=1S/C18H20N8O/c1-2-11-8-25(17(27)22-18(10-19)4-5-18)9-12(11)16-24-23-14-7-21-15-13(26(14)16)3-6-20-15/h3,6-7,11-12,20H,2,4-5,8-9H2,1H3,(H,22,27). The Balaban J connectivity index is 1.48. The van der Waals surface area contributed by atoms with Crippen molar-refractivity contribution in [2.75, 3.05) is 13.1 Å². The van der Waals surface area contributed by atoms with Crippen molar-refractivity contribution in [2.45, 2.75) is 37.6 Å². The molecule has 138 valence electrons. The van der Waals surface area contributed by atoms with Gasteiger partial charge in [0.2, 0.25) is 0 Å². The second kappa shape index (κ2) is 5.67. The maximum atomic E-state index is 12.7. The SMILES string of the molecule is CCC1CN(C(=O)NC2(C#N)CC2)CC1c1nnc2cnc3[nH]ccc3n12. The Morgan fingerprint density at radius 3 is 3.04 bits per heavy atom. The lowest BCUT2D eigenvalue weighted by Gasteiger charge is -2.19. The van der Waals surface area contributed by atoms with Crippen LogP contribution in [-0.4, -0.2) is 54.1 Å². The zero-order valence-electron chi connectivity index (χ0n) is 15.0. The molecule has 4 heterocycles. The van der Waals surface area contributed by atoms with Crippen molar-refractivity contribution in [1.82, 2.24) is 34.8 Å². The molecule has 1 aliphatic heterocycles. The Labute approximate surface area is 155 Å². The van der Waals surface area contributed by atoms with Crippen LogP contribution < -0.4 is 5.32 Å². The molecule has 0 aromatic carbocycles. The van der Waals surface area contributed by atoms with E-state index in [0.29, 0.717) is 24.7 Å². The summed E-state index contributed by atoms with van der Waals surface area (Å²) in [4.78, 5) is 22.0. The summed E-state index contributed by atoms with van der Waals surface area (Å²) in [6.45, 7) is 3.36. The van der Waals surface area contributed by atoms with Crippen LogP contribution in [0, 0.1) is 17.2 Å². The molecule has 3 aromatic heterocycles. The first-order valence-corrected chi connectivity index (χ1v) is 9.29. The number of carbonyl (C=O) groups is 1. The molecule has 3 aromatic rings. The second-order valence-corrected chi connectivity index (χ2v) is 7.53. The van der Waals surface area contributed by atoms with Crippen LogP contribution in [0.25, 0.3) is 16.8 Å². The highest BCUT2D eigenvalue weighted by molar-refractivity contribution is 5.77. The van der Waals surface area contributed by atoms with Crippen molar-refractivity contribution in [3.63, 3.8) is 0 Å². The van der Waals surface area contributed by atoms with Crippen LogP contribution in [-0.2, 0) is 0 Å². The molecule has 2 amide bonds. The predicted molar refractivity (Wildman–Crippen MR) is 96.8 cm³/mol.